The Kier molecular flexibility index (Phi) is 4.67. The van der Waals surface area contributed by atoms with Crippen molar-refractivity contribution in [1.82, 2.24) is 5.43 Å². The van der Waals surface area contributed by atoms with E-state index >= 15 is 0 Å². The van der Waals surface area contributed by atoms with E-state index in [1.54, 1.807) is 24.3 Å². The van der Waals surface area contributed by atoms with Gasteiger partial charge in [-0.05, 0) is 36.8 Å². The Labute approximate surface area is 103 Å². The first-order valence-electron chi connectivity index (χ1n) is 5.07. The molecule has 0 saturated carbocycles. The van der Waals surface area contributed by atoms with Gasteiger partial charge in [0.2, 0.25) is 0 Å². The lowest BCUT2D eigenvalue weighted by atomic mass is 10.2. The zero-order chi connectivity index (χ0) is 13.5. The van der Waals surface area contributed by atoms with E-state index in [9.17, 15) is 9.59 Å². The Balaban J connectivity index is 2.60. The van der Waals surface area contributed by atoms with Crippen LogP contribution in [0.1, 0.15) is 12.5 Å². The minimum Gasteiger partial charge on any atom is -0.479 e. The van der Waals surface area contributed by atoms with E-state index in [1.165, 1.54) is 13.1 Å². The van der Waals surface area contributed by atoms with E-state index in [0.717, 1.165) is 0 Å². The highest BCUT2D eigenvalue weighted by Gasteiger charge is 2.11. The molecule has 0 heterocycles. The van der Waals surface area contributed by atoms with Gasteiger partial charge in [-0.2, -0.15) is 5.10 Å². The Morgan fingerprint density at radius 2 is 2.06 bits per heavy atom. The molecule has 7 heteroatoms. The van der Waals surface area contributed by atoms with Crippen molar-refractivity contribution in [2.75, 3.05) is 0 Å². The van der Waals surface area contributed by atoms with Crippen LogP contribution in [0, 0.1) is 0 Å². The zero-order valence-electron chi connectivity index (χ0n) is 9.66. The number of hydrazone groups is 1. The molecule has 4 N–H and O–H groups in total. The second kappa shape index (κ2) is 6.24. The number of rotatable bonds is 5. The summed E-state index contributed by atoms with van der Waals surface area (Å²) in [5.41, 5.74) is 7.59. The highest BCUT2D eigenvalue weighted by molar-refractivity contribution is 5.81. The topological polar surface area (TPSA) is 114 Å². The number of hydrogen-bond acceptors (Lipinski definition) is 4. The van der Waals surface area contributed by atoms with Gasteiger partial charge in [0, 0.05) is 0 Å². The van der Waals surface area contributed by atoms with Gasteiger partial charge in [0.05, 0.1) is 6.21 Å². The number of aliphatic carboxylic acids is 1. The lowest BCUT2D eigenvalue weighted by Gasteiger charge is -2.09. The molecule has 96 valence electrons. The third kappa shape index (κ3) is 4.52. The lowest BCUT2D eigenvalue weighted by molar-refractivity contribution is -0.144. The molecule has 0 aromatic heterocycles. The summed E-state index contributed by atoms with van der Waals surface area (Å²) in [4.78, 5) is 20.9. The molecule has 7 nitrogen and oxygen atoms in total. The van der Waals surface area contributed by atoms with Crippen LogP contribution in [0.3, 0.4) is 0 Å². The number of nitrogens with one attached hydrogen (secondary N) is 1. The van der Waals surface area contributed by atoms with Crippen molar-refractivity contribution in [1.29, 1.82) is 0 Å². The molecular weight excluding hydrogens is 238 g/mol. The number of urea groups is 1. The maximum Gasteiger partial charge on any atom is 0.344 e. The molecule has 0 bridgehead atoms. The molecule has 0 saturated heterocycles. The van der Waals surface area contributed by atoms with Crippen LogP contribution in [0.2, 0.25) is 0 Å². The number of carbonyl (C=O) groups excluding carboxylic acids is 1. The molecular formula is C11H13N3O4. The molecule has 1 aromatic carbocycles. The fraction of sp³-hybridized carbons (Fsp3) is 0.182. The van der Waals surface area contributed by atoms with Crippen LogP contribution in [-0.4, -0.2) is 29.4 Å². The summed E-state index contributed by atoms with van der Waals surface area (Å²) >= 11 is 0. The Morgan fingerprint density at radius 3 is 2.56 bits per heavy atom. The summed E-state index contributed by atoms with van der Waals surface area (Å²) in [7, 11) is 0. The van der Waals surface area contributed by atoms with E-state index in [2.05, 4.69) is 10.5 Å². The first-order valence-corrected chi connectivity index (χ1v) is 5.07. The number of carboxylic acid groups (broad SMARTS) is 1. The predicted molar refractivity (Wildman–Crippen MR) is 64.5 cm³/mol. The predicted octanol–water partition coefficient (Wildman–Crippen LogP) is 0.541. The average Bonchev–Trinajstić information content (AvgIpc) is 2.30. The summed E-state index contributed by atoms with van der Waals surface area (Å²) < 4.78 is 5.14. The molecule has 0 unspecified atom stereocenters. The molecule has 2 amide bonds. The van der Waals surface area contributed by atoms with Crippen LogP contribution >= 0.6 is 0 Å². The van der Waals surface area contributed by atoms with E-state index in [1.807, 2.05) is 0 Å². The Hall–Kier alpha value is -2.57. The minimum atomic E-state index is -1.04. The average molecular weight is 251 g/mol. The Bertz CT molecular complexity index is 456. The molecule has 1 rings (SSSR count). The number of ether oxygens (including phenoxy) is 1. The maximum absolute atomic E-state index is 10.6. The maximum atomic E-state index is 10.6. The van der Waals surface area contributed by atoms with Crippen LogP contribution in [0.4, 0.5) is 4.79 Å². The molecule has 18 heavy (non-hydrogen) atoms. The molecule has 0 spiro atoms. The lowest BCUT2D eigenvalue weighted by Crippen LogP contribution is -2.24. The highest BCUT2D eigenvalue weighted by Crippen LogP contribution is 2.13. The summed E-state index contributed by atoms with van der Waals surface area (Å²) in [6.07, 6.45) is 0.482. The normalized spacial score (nSPS) is 12.1. The van der Waals surface area contributed by atoms with Crippen LogP contribution in [0.25, 0.3) is 0 Å². The third-order valence-electron chi connectivity index (χ3n) is 1.93. The smallest absolute Gasteiger partial charge is 0.344 e. The second-order valence-electron chi connectivity index (χ2n) is 3.40. The summed E-state index contributed by atoms with van der Waals surface area (Å²) in [5, 5.41) is 12.2. The van der Waals surface area contributed by atoms with E-state index in [4.69, 9.17) is 15.6 Å². The van der Waals surface area contributed by atoms with Gasteiger partial charge >= 0.3 is 12.0 Å². The number of benzene rings is 1. The minimum absolute atomic E-state index is 0.435. The van der Waals surface area contributed by atoms with Crippen LogP contribution in [0.5, 0.6) is 5.75 Å². The Morgan fingerprint density at radius 1 is 1.44 bits per heavy atom. The number of nitrogens with zero attached hydrogens (tertiary/aromatic N) is 1. The number of amides is 2. The fourth-order valence-corrected chi connectivity index (χ4v) is 1.06. The van der Waals surface area contributed by atoms with E-state index < -0.39 is 18.1 Å². The van der Waals surface area contributed by atoms with Gasteiger partial charge in [-0.25, -0.2) is 15.0 Å². The first kappa shape index (κ1) is 13.5. The molecule has 0 aliphatic carbocycles. The van der Waals surface area contributed by atoms with Crippen molar-refractivity contribution in [3.63, 3.8) is 0 Å². The summed E-state index contributed by atoms with van der Waals surface area (Å²) in [6.45, 7) is 1.44. The van der Waals surface area contributed by atoms with Gasteiger partial charge in [-0.15, -0.1) is 0 Å². The van der Waals surface area contributed by atoms with Crippen molar-refractivity contribution in [3.05, 3.63) is 29.8 Å². The van der Waals surface area contributed by atoms with Crippen LogP contribution in [0.15, 0.2) is 29.4 Å². The standard InChI is InChI=1S/C11H13N3O4/c1-7(10(15)16)18-9-4-2-8(3-5-9)6-13-14-11(12)17/h2-7H,1H3,(H,15,16)(H3,12,14,17)/b13-6+/t7-/m0/s1. The van der Waals surface area contributed by atoms with Gasteiger partial charge in [-0.3, -0.25) is 0 Å². The van der Waals surface area contributed by atoms with Gasteiger partial charge in [-0.1, -0.05) is 0 Å². The molecule has 0 aliphatic heterocycles. The number of hydrogen-bond donors (Lipinski definition) is 3. The van der Waals surface area contributed by atoms with Gasteiger partial charge in [0.25, 0.3) is 0 Å². The van der Waals surface area contributed by atoms with Crippen molar-refractivity contribution >= 4 is 18.2 Å². The van der Waals surface area contributed by atoms with Crippen LogP contribution < -0.4 is 15.9 Å². The quantitative estimate of drug-likeness (QED) is 0.523. The summed E-state index contributed by atoms with van der Waals surface area (Å²) in [6, 6.07) is 5.78. The molecule has 1 atom stereocenters. The van der Waals surface area contributed by atoms with E-state index in [-0.39, 0.29) is 0 Å². The molecule has 0 fully saturated rings. The van der Waals surface area contributed by atoms with Gasteiger partial charge in [0.1, 0.15) is 5.75 Å². The van der Waals surface area contributed by atoms with Gasteiger partial charge < -0.3 is 15.6 Å². The zero-order valence-corrected chi connectivity index (χ0v) is 9.66. The van der Waals surface area contributed by atoms with Crippen molar-refractivity contribution in [3.8, 4) is 5.75 Å². The number of nitrogens with two attached hydrogens (primary N) is 1. The van der Waals surface area contributed by atoms with E-state index in [0.29, 0.717) is 11.3 Å². The monoisotopic (exact) mass is 251 g/mol. The van der Waals surface area contributed by atoms with Gasteiger partial charge in [0.15, 0.2) is 6.10 Å². The fourth-order valence-electron chi connectivity index (χ4n) is 1.06. The van der Waals surface area contributed by atoms with Crippen molar-refractivity contribution < 1.29 is 19.4 Å². The first-order chi connectivity index (χ1) is 8.49. The largest absolute Gasteiger partial charge is 0.479 e. The molecule has 1 aromatic rings. The number of carboxylic acids is 1. The van der Waals surface area contributed by atoms with Crippen molar-refractivity contribution in [2.45, 2.75) is 13.0 Å². The number of carbonyl (C=O) groups is 2. The summed E-state index contributed by atoms with van der Waals surface area (Å²) in [5.74, 6) is -0.601. The highest BCUT2D eigenvalue weighted by atomic mass is 16.5. The second-order valence-corrected chi connectivity index (χ2v) is 3.40. The number of primary amides is 1. The third-order valence-corrected chi connectivity index (χ3v) is 1.93. The van der Waals surface area contributed by atoms with Crippen molar-refractivity contribution in [2.24, 2.45) is 10.8 Å². The molecule has 0 radical (unpaired) electrons. The molecule has 0 aliphatic rings. The SMILES string of the molecule is C[C@H](Oc1ccc(/C=N/NC(N)=O)cc1)C(=O)O. The van der Waals surface area contributed by atoms with Crippen LogP contribution in [-0.2, 0) is 4.79 Å².